The zero-order chi connectivity index (χ0) is 10.8. The monoisotopic (exact) mass is 263 g/mol. The molecule has 1 aromatic carbocycles. The zero-order valence-corrected chi connectivity index (χ0v) is 9.24. The van der Waals surface area contributed by atoms with Crippen molar-refractivity contribution in [2.45, 2.75) is 6.42 Å². The number of carbonyl (C=O) groups is 1. The minimum atomic E-state index is -0.287. The molecule has 0 aliphatic carbocycles. The molecule has 1 aromatic heterocycles. The lowest BCUT2D eigenvalue weighted by Gasteiger charge is -1.88. The molecule has 3 nitrogen and oxygen atoms in total. The van der Waals surface area contributed by atoms with E-state index in [0.29, 0.717) is 5.58 Å². The maximum atomic E-state index is 11.4. The highest BCUT2D eigenvalue weighted by molar-refractivity contribution is 9.10. The Morgan fingerprint density at radius 2 is 2.27 bits per heavy atom. The van der Waals surface area contributed by atoms with Crippen LogP contribution in [0, 0.1) is 11.3 Å². The largest absolute Gasteiger partial charge is 0.453 e. The number of hydrogen-bond donors (Lipinski definition) is 0. The van der Waals surface area contributed by atoms with E-state index in [1.807, 2.05) is 12.1 Å². The molecule has 0 aliphatic rings. The second-order valence-electron chi connectivity index (χ2n) is 3.05. The van der Waals surface area contributed by atoms with Crippen LogP contribution in [0.25, 0.3) is 11.0 Å². The Labute approximate surface area is 94.4 Å². The number of halogens is 1. The molecular formula is C11H6BrNO2. The summed E-state index contributed by atoms with van der Waals surface area (Å²) in [5.41, 5.74) is 0.652. The molecule has 0 unspecified atom stereocenters. The normalized spacial score (nSPS) is 10.1. The Balaban J connectivity index is 2.48. The van der Waals surface area contributed by atoms with E-state index >= 15 is 0 Å². The van der Waals surface area contributed by atoms with E-state index in [9.17, 15) is 4.79 Å². The molecule has 0 saturated heterocycles. The second-order valence-corrected chi connectivity index (χ2v) is 3.97. The predicted octanol–water partition coefficient (Wildman–Crippen LogP) is 3.29. The minimum absolute atomic E-state index is 0.152. The predicted molar refractivity (Wildman–Crippen MR) is 58.5 cm³/mol. The number of hydrogen-bond acceptors (Lipinski definition) is 3. The van der Waals surface area contributed by atoms with Gasteiger partial charge in [0, 0.05) is 9.86 Å². The molecular weight excluding hydrogens is 258 g/mol. The molecule has 0 N–H and O–H groups in total. The van der Waals surface area contributed by atoms with Gasteiger partial charge in [0.15, 0.2) is 5.76 Å². The third-order valence-corrected chi connectivity index (χ3v) is 2.49. The maximum absolute atomic E-state index is 11.4. The first-order chi connectivity index (χ1) is 7.20. The Morgan fingerprint density at radius 1 is 1.47 bits per heavy atom. The minimum Gasteiger partial charge on any atom is -0.453 e. The van der Waals surface area contributed by atoms with Gasteiger partial charge in [0.1, 0.15) is 12.0 Å². The van der Waals surface area contributed by atoms with E-state index in [2.05, 4.69) is 15.9 Å². The van der Waals surface area contributed by atoms with Crippen LogP contribution in [0.2, 0.25) is 0 Å². The van der Waals surface area contributed by atoms with E-state index in [-0.39, 0.29) is 18.0 Å². The number of carbonyl (C=O) groups excluding carboxylic acids is 1. The second kappa shape index (κ2) is 3.87. The Hall–Kier alpha value is -1.60. The van der Waals surface area contributed by atoms with Crippen molar-refractivity contribution in [2.24, 2.45) is 0 Å². The highest BCUT2D eigenvalue weighted by atomic mass is 79.9. The van der Waals surface area contributed by atoms with Crippen molar-refractivity contribution in [1.82, 2.24) is 0 Å². The summed E-state index contributed by atoms with van der Waals surface area (Å²) in [6, 6.07) is 8.94. The van der Waals surface area contributed by atoms with E-state index in [1.54, 1.807) is 18.2 Å². The molecule has 0 radical (unpaired) electrons. The van der Waals surface area contributed by atoms with Gasteiger partial charge in [0.05, 0.1) is 6.07 Å². The van der Waals surface area contributed by atoms with Crippen molar-refractivity contribution >= 4 is 32.7 Å². The highest BCUT2D eigenvalue weighted by Gasteiger charge is 2.11. The molecule has 2 rings (SSSR count). The van der Waals surface area contributed by atoms with Crippen LogP contribution in [0.3, 0.4) is 0 Å². The lowest BCUT2D eigenvalue weighted by molar-refractivity contribution is 0.0973. The van der Waals surface area contributed by atoms with Crippen LogP contribution in [-0.2, 0) is 0 Å². The summed E-state index contributed by atoms with van der Waals surface area (Å²) in [5, 5.41) is 9.25. The highest BCUT2D eigenvalue weighted by Crippen LogP contribution is 2.23. The number of nitriles is 1. The van der Waals surface area contributed by atoms with Gasteiger partial charge < -0.3 is 4.42 Å². The number of nitrogens with zero attached hydrogens (tertiary/aromatic N) is 1. The van der Waals surface area contributed by atoms with Gasteiger partial charge in [-0.1, -0.05) is 15.9 Å². The van der Waals surface area contributed by atoms with Gasteiger partial charge >= 0.3 is 0 Å². The summed E-state index contributed by atoms with van der Waals surface area (Å²) < 4.78 is 6.24. The van der Waals surface area contributed by atoms with Crippen LogP contribution in [0.15, 0.2) is 33.2 Å². The van der Waals surface area contributed by atoms with Crippen molar-refractivity contribution < 1.29 is 9.21 Å². The fourth-order valence-electron chi connectivity index (χ4n) is 1.31. The van der Waals surface area contributed by atoms with Crippen LogP contribution in [0.1, 0.15) is 17.0 Å². The van der Waals surface area contributed by atoms with E-state index in [4.69, 9.17) is 9.68 Å². The van der Waals surface area contributed by atoms with Crippen molar-refractivity contribution in [3.05, 3.63) is 34.5 Å². The summed E-state index contributed by atoms with van der Waals surface area (Å²) in [7, 11) is 0. The maximum Gasteiger partial charge on any atom is 0.212 e. The lowest BCUT2D eigenvalue weighted by Crippen LogP contribution is -1.93. The molecule has 0 saturated carbocycles. The quantitative estimate of drug-likeness (QED) is 0.782. The molecule has 0 spiro atoms. The number of rotatable bonds is 2. The molecule has 4 heteroatoms. The SMILES string of the molecule is N#CCC(=O)c1cc2cc(Br)ccc2o1. The molecule has 2 aromatic rings. The number of furan rings is 1. The van der Waals surface area contributed by atoms with Crippen LogP contribution in [-0.4, -0.2) is 5.78 Å². The standard InChI is InChI=1S/C11H6BrNO2/c12-8-1-2-10-7(5-8)6-11(15-10)9(14)3-4-13/h1-2,5-6H,3H2. The molecule has 0 atom stereocenters. The molecule has 0 bridgehead atoms. The fourth-order valence-corrected chi connectivity index (χ4v) is 1.69. The topological polar surface area (TPSA) is 54.0 Å². The van der Waals surface area contributed by atoms with E-state index < -0.39 is 0 Å². The third kappa shape index (κ3) is 1.92. The third-order valence-electron chi connectivity index (χ3n) is 1.99. The molecule has 1 heterocycles. The van der Waals surface area contributed by atoms with Gasteiger partial charge in [-0.2, -0.15) is 5.26 Å². The van der Waals surface area contributed by atoms with Crippen molar-refractivity contribution in [3.8, 4) is 6.07 Å². The van der Waals surface area contributed by atoms with Crippen LogP contribution in [0.5, 0.6) is 0 Å². The van der Waals surface area contributed by atoms with Crippen LogP contribution >= 0.6 is 15.9 Å². The van der Waals surface area contributed by atoms with Gasteiger partial charge in [0.2, 0.25) is 5.78 Å². The zero-order valence-electron chi connectivity index (χ0n) is 7.66. The molecule has 0 fully saturated rings. The first-order valence-electron chi connectivity index (χ1n) is 4.30. The number of Topliss-reactive ketones (excluding diaryl/α,β-unsaturated/α-hetero) is 1. The Morgan fingerprint density at radius 3 is 3.00 bits per heavy atom. The van der Waals surface area contributed by atoms with E-state index in [1.165, 1.54) is 0 Å². The average molecular weight is 264 g/mol. The van der Waals surface area contributed by atoms with Crippen molar-refractivity contribution in [2.75, 3.05) is 0 Å². The fraction of sp³-hybridized carbons (Fsp3) is 0.0909. The smallest absolute Gasteiger partial charge is 0.212 e. The summed E-state index contributed by atoms with van der Waals surface area (Å²) in [6.45, 7) is 0. The molecule has 0 aliphatic heterocycles. The number of benzene rings is 1. The Kier molecular flexibility index (Phi) is 2.57. The van der Waals surface area contributed by atoms with Gasteiger partial charge in [-0.3, -0.25) is 4.79 Å². The first-order valence-corrected chi connectivity index (χ1v) is 5.09. The summed E-state index contributed by atoms with van der Waals surface area (Å²) in [4.78, 5) is 11.4. The number of fused-ring (bicyclic) bond motifs is 1. The summed E-state index contributed by atoms with van der Waals surface area (Å²) >= 11 is 3.33. The first kappa shape index (κ1) is 9.94. The van der Waals surface area contributed by atoms with Crippen molar-refractivity contribution in [3.63, 3.8) is 0 Å². The van der Waals surface area contributed by atoms with Gasteiger partial charge in [-0.25, -0.2) is 0 Å². The molecule has 0 amide bonds. The summed E-state index contributed by atoms with van der Waals surface area (Å²) in [5.74, 6) is -0.0468. The van der Waals surface area contributed by atoms with Crippen LogP contribution in [0.4, 0.5) is 0 Å². The van der Waals surface area contributed by atoms with Gasteiger partial charge in [0.25, 0.3) is 0 Å². The average Bonchev–Trinajstić information content (AvgIpc) is 2.60. The summed E-state index contributed by atoms with van der Waals surface area (Å²) in [6.07, 6.45) is -0.152. The van der Waals surface area contributed by atoms with Gasteiger partial charge in [-0.05, 0) is 24.3 Å². The molecule has 15 heavy (non-hydrogen) atoms. The van der Waals surface area contributed by atoms with Crippen molar-refractivity contribution in [1.29, 1.82) is 5.26 Å². The van der Waals surface area contributed by atoms with Crippen LogP contribution < -0.4 is 0 Å². The van der Waals surface area contributed by atoms with E-state index in [0.717, 1.165) is 9.86 Å². The number of ketones is 1. The Bertz CT molecular complexity index is 565. The molecule has 74 valence electrons. The van der Waals surface area contributed by atoms with Gasteiger partial charge in [-0.15, -0.1) is 0 Å². The lowest BCUT2D eigenvalue weighted by atomic mass is 10.2.